The van der Waals surface area contributed by atoms with E-state index in [2.05, 4.69) is 6.58 Å². The Labute approximate surface area is 121 Å². The zero-order valence-corrected chi connectivity index (χ0v) is 11.7. The Hall–Kier alpha value is -2.56. The predicted molar refractivity (Wildman–Crippen MR) is 78.7 cm³/mol. The maximum absolute atomic E-state index is 12.0. The van der Waals surface area contributed by atoms with E-state index < -0.39 is 17.5 Å². The van der Waals surface area contributed by atoms with E-state index in [9.17, 15) is 9.59 Å². The Morgan fingerprint density at radius 2 is 2.24 bits per heavy atom. The number of fused-ring (bicyclic) bond motifs is 1. The summed E-state index contributed by atoms with van der Waals surface area (Å²) in [6.07, 6.45) is 1.95. The Morgan fingerprint density at radius 3 is 2.86 bits per heavy atom. The van der Waals surface area contributed by atoms with Crippen LogP contribution in [0.3, 0.4) is 0 Å². The third kappa shape index (κ3) is 3.31. The molecule has 0 fully saturated rings. The van der Waals surface area contributed by atoms with Crippen molar-refractivity contribution < 1.29 is 19.1 Å². The van der Waals surface area contributed by atoms with Gasteiger partial charge in [0.15, 0.2) is 0 Å². The largest absolute Gasteiger partial charge is 0.497 e. The van der Waals surface area contributed by atoms with Crippen LogP contribution in [0.1, 0.15) is 12.0 Å². The normalized spacial score (nSPS) is 12.0. The molecule has 2 rings (SSSR count). The molecule has 5 nitrogen and oxygen atoms in total. The summed E-state index contributed by atoms with van der Waals surface area (Å²) in [7, 11) is 1.53. The molecule has 0 aliphatic rings. The van der Waals surface area contributed by atoms with E-state index in [0.29, 0.717) is 23.3 Å². The molecular formula is C16H16O5. The number of methoxy groups -OCH3 is 1. The van der Waals surface area contributed by atoms with Crippen LogP contribution in [0.2, 0.25) is 0 Å². The molecular weight excluding hydrogens is 272 g/mol. The number of allylic oxidation sites excluding steroid dienone is 1. The first-order valence-corrected chi connectivity index (χ1v) is 6.49. The molecule has 0 saturated heterocycles. The van der Waals surface area contributed by atoms with E-state index in [1.165, 1.54) is 13.2 Å². The highest BCUT2D eigenvalue weighted by atomic mass is 16.5. The van der Waals surface area contributed by atoms with Crippen LogP contribution in [0.5, 0.6) is 5.75 Å². The average Bonchev–Trinajstić information content (AvgIpc) is 2.46. The summed E-state index contributed by atoms with van der Waals surface area (Å²) in [4.78, 5) is 23.1. The monoisotopic (exact) mass is 288 g/mol. The first-order valence-electron chi connectivity index (χ1n) is 6.49. The van der Waals surface area contributed by atoms with Gasteiger partial charge in [-0.1, -0.05) is 6.08 Å². The van der Waals surface area contributed by atoms with E-state index in [1.807, 2.05) is 0 Å². The molecule has 0 saturated carbocycles. The van der Waals surface area contributed by atoms with Gasteiger partial charge in [-0.05, 0) is 31.0 Å². The lowest BCUT2D eigenvalue weighted by Crippen LogP contribution is -2.19. The molecule has 1 aromatic heterocycles. The van der Waals surface area contributed by atoms with Crippen LogP contribution < -0.4 is 10.4 Å². The van der Waals surface area contributed by atoms with Crippen molar-refractivity contribution in [3.8, 4) is 5.75 Å². The van der Waals surface area contributed by atoms with Crippen molar-refractivity contribution in [1.29, 1.82) is 0 Å². The number of carboxylic acid groups (broad SMARTS) is 1. The van der Waals surface area contributed by atoms with Gasteiger partial charge in [0.1, 0.15) is 11.3 Å². The topological polar surface area (TPSA) is 76.7 Å². The lowest BCUT2D eigenvalue weighted by Gasteiger charge is -2.09. The summed E-state index contributed by atoms with van der Waals surface area (Å²) < 4.78 is 10.3. The van der Waals surface area contributed by atoms with Crippen molar-refractivity contribution in [2.45, 2.75) is 12.8 Å². The van der Waals surface area contributed by atoms with Crippen molar-refractivity contribution in [3.63, 3.8) is 0 Å². The van der Waals surface area contributed by atoms with E-state index >= 15 is 0 Å². The van der Waals surface area contributed by atoms with Crippen LogP contribution >= 0.6 is 0 Å². The third-order valence-electron chi connectivity index (χ3n) is 3.28. The number of carbonyl (C=O) groups is 1. The third-order valence-corrected chi connectivity index (χ3v) is 3.28. The van der Waals surface area contributed by atoms with Gasteiger partial charge in [-0.25, -0.2) is 4.79 Å². The van der Waals surface area contributed by atoms with Crippen molar-refractivity contribution in [2.75, 3.05) is 7.11 Å². The lowest BCUT2D eigenvalue weighted by molar-refractivity contribution is -0.141. The Morgan fingerprint density at radius 1 is 1.48 bits per heavy atom. The molecule has 2 aromatic rings. The van der Waals surface area contributed by atoms with Crippen LogP contribution in [0.15, 0.2) is 46.1 Å². The number of carboxylic acids is 1. The minimum atomic E-state index is -0.955. The molecule has 1 aromatic carbocycles. The zero-order valence-electron chi connectivity index (χ0n) is 11.7. The minimum absolute atomic E-state index is 0.117. The number of ether oxygens (including phenoxy) is 1. The SMILES string of the molecule is C=CCC(Cc1cc2ccc(OC)cc2oc1=O)C(=O)O. The van der Waals surface area contributed by atoms with Gasteiger partial charge in [-0.2, -0.15) is 0 Å². The average molecular weight is 288 g/mol. The van der Waals surface area contributed by atoms with Gasteiger partial charge in [0.2, 0.25) is 0 Å². The van der Waals surface area contributed by atoms with Crippen molar-refractivity contribution in [1.82, 2.24) is 0 Å². The molecule has 110 valence electrons. The van der Waals surface area contributed by atoms with Gasteiger partial charge in [0.25, 0.3) is 0 Å². The Kier molecular flexibility index (Phi) is 4.42. The zero-order chi connectivity index (χ0) is 15.4. The van der Waals surface area contributed by atoms with Crippen LogP contribution in [-0.2, 0) is 11.2 Å². The van der Waals surface area contributed by atoms with Gasteiger partial charge in [-0.15, -0.1) is 6.58 Å². The molecule has 1 heterocycles. The molecule has 0 aliphatic carbocycles. The molecule has 0 radical (unpaired) electrons. The summed E-state index contributed by atoms with van der Waals surface area (Å²) in [6.45, 7) is 3.54. The van der Waals surface area contributed by atoms with Crippen LogP contribution in [0.4, 0.5) is 0 Å². The van der Waals surface area contributed by atoms with Crippen LogP contribution in [-0.4, -0.2) is 18.2 Å². The summed E-state index contributed by atoms with van der Waals surface area (Å²) >= 11 is 0. The van der Waals surface area contributed by atoms with Gasteiger partial charge in [0.05, 0.1) is 13.0 Å². The van der Waals surface area contributed by atoms with E-state index in [-0.39, 0.29) is 6.42 Å². The first kappa shape index (κ1) is 14.8. The van der Waals surface area contributed by atoms with Crippen LogP contribution in [0.25, 0.3) is 11.0 Å². The summed E-state index contributed by atoms with van der Waals surface area (Å²) in [5.41, 5.74) is 0.242. The molecule has 0 aliphatic heterocycles. The fraction of sp³-hybridized carbons (Fsp3) is 0.250. The highest BCUT2D eigenvalue weighted by Gasteiger charge is 2.19. The molecule has 5 heteroatoms. The Balaban J connectivity index is 2.40. The second kappa shape index (κ2) is 6.26. The molecule has 1 atom stereocenters. The maximum atomic E-state index is 12.0. The van der Waals surface area contributed by atoms with Crippen molar-refractivity contribution in [2.24, 2.45) is 5.92 Å². The lowest BCUT2D eigenvalue weighted by atomic mass is 9.97. The second-order valence-corrected chi connectivity index (χ2v) is 4.73. The Bertz CT molecular complexity index is 729. The predicted octanol–water partition coefficient (Wildman–Crippen LogP) is 2.62. The molecule has 21 heavy (non-hydrogen) atoms. The number of benzene rings is 1. The molecule has 0 amide bonds. The highest BCUT2D eigenvalue weighted by Crippen LogP contribution is 2.21. The first-order chi connectivity index (χ1) is 10.0. The fourth-order valence-corrected chi connectivity index (χ4v) is 2.14. The molecule has 0 bridgehead atoms. The van der Waals surface area contributed by atoms with E-state index in [1.54, 1.807) is 24.3 Å². The maximum Gasteiger partial charge on any atom is 0.339 e. The number of rotatable bonds is 6. The summed E-state index contributed by atoms with van der Waals surface area (Å²) in [5, 5.41) is 9.87. The summed E-state index contributed by atoms with van der Waals surface area (Å²) in [6, 6.07) is 6.81. The number of hydrogen-bond donors (Lipinski definition) is 1. The highest BCUT2D eigenvalue weighted by molar-refractivity contribution is 5.78. The smallest absolute Gasteiger partial charge is 0.339 e. The number of aliphatic carboxylic acids is 1. The van der Waals surface area contributed by atoms with E-state index in [0.717, 1.165) is 5.39 Å². The van der Waals surface area contributed by atoms with Gasteiger partial charge in [0, 0.05) is 17.0 Å². The molecule has 0 spiro atoms. The van der Waals surface area contributed by atoms with Crippen molar-refractivity contribution >= 4 is 16.9 Å². The second-order valence-electron chi connectivity index (χ2n) is 4.73. The summed E-state index contributed by atoms with van der Waals surface area (Å²) in [5.74, 6) is -1.04. The van der Waals surface area contributed by atoms with Gasteiger partial charge >= 0.3 is 11.6 Å². The fourth-order valence-electron chi connectivity index (χ4n) is 2.14. The van der Waals surface area contributed by atoms with E-state index in [4.69, 9.17) is 14.3 Å². The minimum Gasteiger partial charge on any atom is -0.497 e. The molecule has 1 N–H and O–H groups in total. The standard InChI is InChI=1S/C16H16O5/c1-3-4-11(15(17)18)8-12-7-10-5-6-13(20-2)9-14(10)21-16(12)19/h3,5-7,9,11H,1,4,8H2,2H3,(H,17,18). The number of hydrogen-bond acceptors (Lipinski definition) is 4. The van der Waals surface area contributed by atoms with Gasteiger partial charge < -0.3 is 14.3 Å². The molecule has 1 unspecified atom stereocenters. The van der Waals surface area contributed by atoms with Crippen molar-refractivity contribution in [3.05, 3.63) is 52.9 Å². The quantitative estimate of drug-likeness (QED) is 0.653. The van der Waals surface area contributed by atoms with Crippen LogP contribution in [0, 0.1) is 5.92 Å². The van der Waals surface area contributed by atoms with Gasteiger partial charge in [-0.3, -0.25) is 4.79 Å².